The Morgan fingerprint density at radius 1 is 0.867 bits per heavy atom. The molecule has 1 nitrogen and oxygen atoms in total. The summed E-state index contributed by atoms with van der Waals surface area (Å²) in [4.78, 5) is 0. The number of alkyl halides is 3. The largest absolute Gasteiger partial charge is 0.490 e. The minimum Gasteiger partial charge on any atom is -0.490 e. The third-order valence-corrected chi connectivity index (χ3v) is 9.88. The zero-order valence-corrected chi connectivity index (χ0v) is 18.3. The summed E-state index contributed by atoms with van der Waals surface area (Å²) in [6.07, 6.45) is 8.91. The molecule has 0 radical (unpaired) electrons. The highest BCUT2D eigenvalue weighted by molar-refractivity contribution is 5.29. The molecule has 4 fully saturated rings. The maximum atomic E-state index is 12.8. The van der Waals surface area contributed by atoms with Crippen LogP contribution in [-0.2, 0) is 6.18 Å². The highest BCUT2D eigenvalue weighted by atomic mass is 19.4. The molecule has 0 spiro atoms. The lowest BCUT2D eigenvalue weighted by molar-refractivity contribution is -0.137. The van der Waals surface area contributed by atoms with Gasteiger partial charge in [-0.05, 0) is 117 Å². The van der Waals surface area contributed by atoms with Crippen LogP contribution < -0.4 is 4.74 Å². The Kier molecular flexibility index (Phi) is 4.95. The van der Waals surface area contributed by atoms with Crippen LogP contribution in [-0.4, -0.2) is 6.10 Å². The van der Waals surface area contributed by atoms with Gasteiger partial charge in [-0.3, -0.25) is 0 Å². The average Bonchev–Trinajstić information content (AvgIpc) is 3.10. The molecule has 0 amide bonds. The van der Waals surface area contributed by atoms with Gasteiger partial charge < -0.3 is 4.74 Å². The number of fused-ring (bicyclic) bond motifs is 5. The Balaban J connectivity index is 1.26. The summed E-state index contributed by atoms with van der Waals surface area (Å²) >= 11 is 0. The lowest BCUT2D eigenvalue weighted by atomic mass is 9.45. The van der Waals surface area contributed by atoms with E-state index >= 15 is 0 Å². The van der Waals surface area contributed by atoms with Crippen molar-refractivity contribution in [2.75, 3.05) is 0 Å². The predicted molar refractivity (Wildman–Crippen MR) is 112 cm³/mol. The summed E-state index contributed by atoms with van der Waals surface area (Å²) < 4.78 is 44.6. The topological polar surface area (TPSA) is 9.23 Å². The van der Waals surface area contributed by atoms with E-state index in [0.717, 1.165) is 42.7 Å². The summed E-state index contributed by atoms with van der Waals surface area (Å²) in [6.45, 7) is 5.12. The van der Waals surface area contributed by atoms with Gasteiger partial charge in [0.2, 0.25) is 0 Å². The van der Waals surface area contributed by atoms with Gasteiger partial charge in [0.15, 0.2) is 0 Å². The van der Waals surface area contributed by atoms with Gasteiger partial charge in [0, 0.05) is 0 Å². The first-order chi connectivity index (χ1) is 14.2. The van der Waals surface area contributed by atoms with Crippen molar-refractivity contribution in [2.24, 2.45) is 34.5 Å². The highest BCUT2D eigenvalue weighted by Crippen LogP contribution is 2.66. The molecule has 5 rings (SSSR count). The fraction of sp³-hybridized carbons (Fsp3) is 0.769. The molecule has 1 unspecified atom stereocenters. The number of hydrogen-bond donors (Lipinski definition) is 0. The highest BCUT2D eigenvalue weighted by Gasteiger charge is 2.58. The third-order valence-electron chi connectivity index (χ3n) is 9.88. The number of rotatable bonds is 2. The quantitative estimate of drug-likeness (QED) is 0.473. The molecule has 0 bridgehead atoms. The molecule has 4 heteroatoms. The number of benzene rings is 1. The van der Waals surface area contributed by atoms with Gasteiger partial charge in [-0.25, -0.2) is 0 Å². The van der Waals surface area contributed by atoms with Crippen molar-refractivity contribution in [3.05, 3.63) is 29.8 Å². The van der Waals surface area contributed by atoms with E-state index in [4.69, 9.17) is 4.74 Å². The van der Waals surface area contributed by atoms with Crippen molar-refractivity contribution in [1.82, 2.24) is 0 Å². The molecule has 0 heterocycles. The van der Waals surface area contributed by atoms with Gasteiger partial charge in [0.1, 0.15) is 5.75 Å². The number of ether oxygens (including phenoxy) is 1. The van der Waals surface area contributed by atoms with Gasteiger partial charge in [-0.1, -0.05) is 20.3 Å². The molecule has 1 aromatic rings. The van der Waals surface area contributed by atoms with Gasteiger partial charge in [-0.2, -0.15) is 13.2 Å². The second-order valence-corrected chi connectivity index (χ2v) is 11.3. The van der Waals surface area contributed by atoms with Crippen LogP contribution >= 0.6 is 0 Å². The summed E-state index contributed by atoms with van der Waals surface area (Å²) in [5.41, 5.74) is 0.417. The van der Waals surface area contributed by atoms with Gasteiger partial charge in [0.05, 0.1) is 11.7 Å². The smallest absolute Gasteiger partial charge is 0.416 e. The van der Waals surface area contributed by atoms with E-state index in [9.17, 15) is 13.2 Å². The van der Waals surface area contributed by atoms with E-state index in [0.29, 0.717) is 22.5 Å². The molecule has 0 aromatic heterocycles. The maximum absolute atomic E-state index is 12.8. The molecule has 1 aromatic carbocycles. The van der Waals surface area contributed by atoms with Crippen molar-refractivity contribution in [1.29, 1.82) is 0 Å². The molecule has 4 aliphatic rings. The molecule has 4 saturated carbocycles. The SMILES string of the molecule is C[C@@]12CCC[C@H]1[C@@H]1CC[C@H]3CC(Oc4ccc(C(F)(F)F)cc4)CC[C@]3(C)[C@H]1CC2. The van der Waals surface area contributed by atoms with E-state index in [1.54, 1.807) is 0 Å². The van der Waals surface area contributed by atoms with E-state index in [-0.39, 0.29) is 6.10 Å². The van der Waals surface area contributed by atoms with E-state index in [2.05, 4.69) is 13.8 Å². The van der Waals surface area contributed by atoms with Crippen LogP contribution in [0.5, 0.6) is 5.75 Å². The normalized spacial score (nSPS) is 43.4. The van der Waals surface area contributed by atoms with Crippen molar-refractivity contribution in [2.45, 2.75) is 90.3 Å². The first-order valence-corrected chi connectivity index (χ1v) is 12.0. The number of hydrogen-bond acceptors (Lipinski definition) is 1. The first-order valence-electron chi connectivity index (χ1n) is 12.0. The van der Waals surface area contributed by atoms with Crippen LogP contribution in [0.4, 0.5) is 13.2 Å². The lowest BCUT2D eigenvalue weighted by Gasteiger charge is -2.60. The average molecular weight is 421 g/mol. The second kappa shape index (κ2) is 7.17. The van der Waals surface area contributed by atoms with Crippen molar-refractivity contribution in [3.63, 3.8) is 0 Å². The van der Waals surface area contributed by atoms with Crippen LogP contribution in [0.2, 0.25) is 0 Å². The van der Waals surface area contributed by atoms with Crippen molar-refractivity contribution in [3.8, 4) is 5.75 Å². The van der Waals surface area contributed by atoms with Crippen LogP contribution in [0.25, 0.3) is 0 Å². The third kappa shape index (κ3) is 3.37. The Bertz CT molecular complexity index is 771. The maximum Gasteiger partial charge on any atom is 0.416 e. The molecule has 30 heavy (non-hydrogen) atoms. The van der Waals surface area contributed by atoms with E-state index in [1.807, 2.05) is 0 Å². The number of halogens is 3. The summed E-state index contributed by atoms with van der Waals surface area (Å²) in [6, 6.07) is 5.23. The van der Waals surface area contributed by atoms with Crippen LogP contribution in [0, 0.1) is 34.5 Å². The Labute approximate surface area is 178 Å². The Morgan fingerprint density at radius 3 is 2.37 bits per heavy atom. The molecule has 0 saturated heterocycles. The van der Waals surface area contributed by atoms with Crippen molar-refractivity contribution < 1.29 is 17.9 Å². The van der Waals surface area contributed by atoms with Gasteiger partial charge in [-0.15, -0.1) is 0 Å². The minimum absolute atomic E-state index is 0.136. The minimum atomic E-state index is -4.29. The molecule has 7 atom stereocenters. The molecule has 0 N–H and O–H groups in total. The fourth-order valence-corrected chi connectivity index (χ4v) is 8.23. The molecule has 166 valence electrons. The second-order valence-electron chi connectivity index (χ2n) is 11.3. The van der Waals surface area contributed by atoms with Gasteiger partial charge >= 0.3 is 6.18 Å². The van der Waals surface area contributed by atoms with Crippen molar-refractivity contribution >= 4 is 0 Å². The Hall–Kier alpha value is -1.19. The lowest BCUT2D eigenvalue weighted by Crippen LogP contribution is -2.53. The van der Waals surface area contributed by atoms with Crippen LogP contribution in [0.15, 0.2) is 24.3 Å². The molecule has 0 aliphatic heterocycles. The van der Waals surface area contributed by atoms with Gasteiger partial charge in [0.25, 0.3) is 0 Å². The van der Waals surface area contributed by atoms with Crippen LogP contribution in [0.3, 0.4) is 0 Å². The Morgan fingerprint density at radius 2 is 1.63 bits per heavy atom. The monoisotopic (exact) mass is 420 g/mol. The fourth-order valence-electron chi connectivity index (χ4n) is 8.23. The zero-order valence-electron chi connectivity index (χ0n) is 18.3. The summed E-state index contributed by atoms with van der Waals surface area (Å²) in [5.74, 6) is 3.98. The van der Waals surface area contributed by atoms with E-state index in [1.165, 1.54) is 63.5 Å². The zero-order chi connectivity index (χ0) is 21.1. The summed E-state index contributed by atoms with van der Waals surface area (Å²) in [7, 11) is 0. The standard InChI is InChI=1S/C26H35F3O/c1-24-13-3-4-22(24)21-10-7-18-16-20(11-15-25(18,2)23(21)12-14-24)30-19-8-5-17(6-9-19)26(27,28)29/h5-6,8-9,18,20-23H,3-4,7,10-16H2,1-2H3/t18-,20?,21-,22-,23-,24-,25-/m0/s1. The molecular weight excluding hydrogens is 385 g/mol. The molecular formula is C26H35F3O. The van der Waals surface area contributed by atoms with E-state index < -0.39 is 11.7 Å². The molecule has 4 aliphatic carbocycles. The first kappa shape index (κ1) is 20.7. The predicted octanol–water partition coefficient (Wildman–Crippen LogP) is 7.89. The summed E-state index contributed by atoms with van der Waals surface area (Å²) in [5, 5.41) is 0. The van der Waals surface area contributed by atoms with Crippen LogP contribution in [0.1, 0.15) is 83.6 Å².